The molecule has 0 N–H and O–H groups in total. The van der Waals surface area contributed by atoms with Gasteiger partial charge < -0.3 is 4.74 Å². The van der Waals surface area contributed by atoms with Gasteiger partial charge in [0.15, 0.2) is 0 Å². The fraction of sp³-hybridized carbons (Fsp3) is 0.276. The van der Waals surface area contributed by atoms with Gasteiger partial charge in [-0.1, -0.05) is 63.2 Å². The van der Waals surface area contributed by atoms with E-state index in [2.05, 4.69) is 67.1 Å². The molecule has 4 rings (SSSR count). The number of carbonyl (C=O) groups is 1. The van der Waals surface area contributed by atoms with Crippen molar-refractivity contribution in [3.63, 3.8) is 0 Å². The maximum Gasteiger partial charge on any atom is 0.229 e. The second kappa shape index (κ2) is 9.64. The average Bonchev–Trinajstić information content (AvgIpc) is 2.81. The normalized spacial score (nSPS) is 11.4. The van der Waals surface area contributed by atoms with E-state index < -0.39 is 0 Å². The van der Waals surface area contributed by atoms with Gasteiger partial charge in [0, 0.05) is 11.8 Å². The van der Waals surface area contributed by atoms with E-state index in [0.29, 0.717) is 18.8 Å². The fourth-order valence-corrected chi connectivity index (χ4v) is 4.08. The van der Waals surface area contributed by atoms with Crippen LogP contribution < -0.4 is 9.64 Å². The zero-order valence-corrected chi connectivity index (χ0v) is 20.5. The molecule has 0 aliphatic heterocycles. The molecule has 5 heteroatoms. The Morgan fingerprint density at radius 3 is 2.32 bits per heavy atom. The third-order valence-corrected chi connectivity index (χ3v) is 5.78. The molecule has 1 amide bonds. The third-order valence-electron chi connectivity index (χ3n) is 5.78. The molecular formula is C29H31N3O2. The number of benzene rings is 3. The highest BCUT2D eigenvalue weighted by Crippen LogP contribution is 2.30. The Morgan fingerprint density at radius 2 is 1.65 bits per heavy atom. The van der Waals surface area contributed by atoms with Crippen molar-refractivity contribution in [1.82, 2.24) is 9.97 Å². The number of aryl methyl sites for hydroxylation is 1. The van der Waals surface area contributed by atoms with E-state index in [1.165, 1.54) is 6.33 Å². The summed E-state index contributed by atoms with van der Waals surface area (Å²) in [6, 6.07) is 22.3. The van der Waals surface area contributed by atoms with Crippen molar-refractivity contribution in [1.29, 1.82) is 0 Å². The number of ether oxygens (including phenoxy) is 1. The number of aromatic nitrogens is 2. The van der Waals surface area contributed by atoms with Crippen LogP contribution in [0.4, 0.5) is 5.82 Å². The van der Waals surface area contributed by atoms with Gasteiger partial charge in [-0.15, -0.1) is 0 Å². The molecule has 34 heavy (non-hydrogen) atoms. The molecule has 0 saturated heterocycles. The van der Waals surface area contributed by atoms with Gasteiger partial charge >= 0.3 is 0 Å². The molecule has 174 valence electrons. The first-order valence-electron chi connectivity index (χ1n) is 11.5. The summed E-state index contributed by atoms with van der Waals surface area (Å²) in [6.07, 6.45) is 1.96. The summed E-state index contributed by atoms with van der Waals surface area (Å²) >= 11 is 0. The Kier molecular flexibility index (Phi) is 6.64. The average molecular weight is 454 g/mol. The molecule has 3 aromatic carbocycles. The topological polar surface area (TPSA) is 55.3 Å². The summed E-state index contributed by atoms with van der Waals surface area (Å²) in [6.45, 7) is 8.71. The molecular weight excluding hydrogens is 422 g/mol. The van der Waals surface area contributed by atoms with Crippen molar-refractivity contribution in [3.8, 4) is 16.9 Å². The number of hydrogen-bond donors (Lipinski definition) is 0. The molecule has 1 heterocycles. The Morgan fingerprint density at radius 1 is 0.941 bits per heavy atom. The number of nitrogens with zero attached hydrogens (tertiary/aromatic N) is 3. The van der Waals surface area contributed by atoms with Crippen LogP contribution in [0.1, 0.15) is 38.3 Å². The van der Waals surface area contributed by atoms with Gasteiger partial charge in [-0.2, -0.15) is 0 Å². The zero-order chi connectivity index (χ0) is 24.3. The van der Waals surface area contributed by atoms with Gasteiger partial charge in [0.1, 0.15) is 17.9 Å². The summed E-state index contributed by atoms with van der Waals surface area (Å²) < 4.78 is 5.38. The van der Waals surface area contributed by atoms with Crippen LogP contribution in [0.5, 0.6) is 5.75 Å². The third kappa shape index (κ3) is 5.25. The zero-order valence-electron chi connectivity index (χ0n) is 20.5. The highest BCUT2D eigenvalue weighted by Gasteiger charge is 2.25. The van der Waals surface area contributed by atoms with Gasteiger partial charge in [0.25, 0.3) is 0 Å². The van der Waals surface area contributed by atoms with Crippen LogP contribution in [0.2, 0.25) is 0 Å². The molecule has 0 spiro atoms. The van der Waals surface area contributed by atoms with Crippen LogP contribution in [0.3, 0.4) is 0 Å². The van der Waals surface area contributed by atoms with Gasteiger partial charge in [0.05, 0.1) is 19.2 Å². The number of anilines is 1. The smallest absolute Gasteiger partial charge is 0.229 e. The molecule has 4 aromatic rings. The SMILES string of the molecule is COc1ccc(-c2ccc(CN(C(=O)CC(C)(C)C)c3ncnc4ccccc34)cc2)cc1C. The molecule has 1 aromatic heterocycles. The monoisotopic (exact) mass is 453 g/mol. The van der Waals surface area contributed by atoms with Crippen LogP contribution in [-0.2, 0) is 11.3 Å². The second-order valence-electron chi connectivity index (χ2n) is 9.81. The number of hydrogen-bond acceptors (Lipinski definition) is 4. The molecule has 0 unspecified atom stereocenters. The van der Waals surface area contributed by atoms with Crippen molar-refractivity contribution in [2.45, 2.75) is 40.7 Å². The largest absolute Gasteiger partial charge is 0.496 e. The van der Waals surface area contributed by atoms with Gasteiger partial charge in [-0.25, -0.2) is 9.97 Å². The predicted octanol–water partition coefficient (Wildman–Crippen LogP) is 6.58. The number of fused-ring (bicyclic) bond motifs is 1. The molecule has 0 saturated carbocycles. The standard InChI is InChI=1S/C29H31N3O2/c1-20-16-23(14-15-26(20)34-5)22-12-10-21(11-13-22)18-32(27(33)17-29(2,3)4)28-24-8-6-7-9-25(24)30-19-31-28/h6-16,19H,17-18H2,1-5H3. The van der Waals surface area contributed by atoms with Gasteiger partial charge in [-0.3, -0.25) is 9.69 Å². The Bertz CT molecular complexity index is 1300. The van der Waals surface area contributed by atoms with Crippen molar-refractivity contribution in [3.05, 3.63) is 84.2 Å². The fourth-order valence-electron chi connectivity index (χ4n) is 4.08. The quantitative estimate of drug-likeness (QED) is 0.331. The van der Waals surface area contributed by atoms with E-state index in [4.69, 9.17) is 4.74 Å². The minimum atomic E-state index is -0.131. The van der Waals surface area contributed by atoms with Crippen molar-refractivity contribution >= 4 is 22.6 Å². The number of amides is 1. The summed E-state index contributed by atoms with van der Waals surface area (Å²) in [5.41, 5.74) is 5.08. The highest BCUT2D eigenvalue weighted by molar-refractivity contribution is 6.01. The summed E-state index contributed by atoms with van der Waals surface area (Å²) in [5.74, 6) is 1.58. The summed E-state index contributed by atoms with van der Waals surface area (Å²) in [5, 5.41) is 0.873. The maximum absolute atomic E-state index is 13.4. The lowest BCUT2D eigenvalue weighted by atomic mass is 9.91. The van der Waals surface area contributed by atoms with E-state index in [1.54, 1.807) is 12.0 Å². The van der Waals surface area contributed by atoms with Crippen LogP contribution in [-0.4, -0.2) is 23.0 Å². The first-order valence-corrected chi connectivity index (χ1v) is 11.5. The van der Waals surface area contributed by atoms with Crippen molar-refractivity contribution in [2.75, 3.05) is 12.0 Å². The minimum absolute atomic E-state index is 0.0474. The predicted molar refractivity (Wildman–Crippen MR) is 138 cm³/mol. The number of para-hydroxylation sites is 1. The number of carbonyl (C=O) groups excluding carboxylic acids is 1. The van der Waals surface area contributed by atoms with E-state index >= 15 is 0 Å². The van der Waals surface area contributed by atoms with Crippen LogP contribution >= 0.6 is 0 Å². The van der Waals surface area contributed by atoms with E-state index in [9.17, 15) is 4.79 Å². The van der Waals surface area contributed by atoms with Gasteiger partial charge in [-0.05, 0) is 58.9 Å². The first-order chi connectivity index (χ1) is 16.2. The molecule has 0 aliphatic rings. The molecule has 0 bridgehead atoms. The Hall–Kier alpha value is -3.73. The summed E-state index contributed by atoms with van der Waals surface area (Å²) in [4.78, 5) is 24.1. The Labute approximate surface area is 201 Å². The van der Waals surface area contributed by atoms with Crippen molar-refractivity contribution in [2.24, 2.45) is 5.41 Å². The van der Waals surface area contributed by atoms with Crippen LogP contribution in [0, 0.1) is 12.3 Å². The molecule has 0 aliphatic carbocycles. The molecule has 0 fully saturated rings. The first kappa shape index (κ1) is 23.4. The van der Waals surface area contributed by atoms with E-state index in [0.717, 1.165) is 38.9 Å². The van der Waals surface area contributed by atoms with Crippen LogP contribution in [0.15, 0.2) is 73.1 Å². The molecule has 0 atom stereocenters. The number of rotatable bonds is 6. The molecule has 0 radical (unpaired) electrons. The Balaban J connectivity index is 1.66. The maximum atomic E-state index is 13.4. The lowest BCUT2D eigenvalue weighted by molar-refractivity contribution is -0.120. The highest BCUT2D eigenvalue weighted by atomic mass is 16.5. The number of methoxy groups -OCH3 is 1. The lowest BCUT2D eigenvalue weighted by Crippen LogP contribution is -2.34. The van der Waals surface area contributed by atoms with Crippen LogP contribution in [0.25, 0.3) is 22.0 Å². The lowest BCUT2D eigenvalue weighted by Gasteiger charge is -2.27. The van der Waals surface area contributed by atoms with E-state index in [1.807, 2.05) is 37.3 Å². The minimum Gasteiger partial charge on any atom is -0.496 e. The second-order valence-corrected chi connectivity index (χ2v) is 9.81. The molecule has 5 nitrogen and oxygen atoms in total. The summed E-state index contributed by atoms with van der Waals surface area (Å²) in [7, 11) is 1.68. The van der Waals surface area contributed by atoms with Crippen molar-refractivity contribution < 1.29 is 9.53 Å². The van der Waals surface area contributed by atoms with Gasteiger partial charge in [0.2, 0.25) is 5.91 Å². The van der Waals surface area contributed by atoms with E-state index in [-0.39, 0.29) is 11.3 Å².